The second-order valence-corrected chi connectivity index (χ2v) is 4.75. The summed E-state index contributed by atoms with van der Waals surface area (Å²) in [6.45, 7) is 4.18. The lowest BCUT2D eigenvalue weighted by Gasteiger charge is -2.06. The molecule has 1 nitrogen and oxygen atoms in total. The molecule has 0 amide bonds. The molecule has 2 rings (SSSR count). The van der Waals surface area contributed by atoms with Crippen molar-refractivity contribution in [2.24, 2.45) is 0 Å². The van der Waals surface area contributed by atoms with Crippen LogP contribution in [0.1, 0.15) is 23.1 Å². The van der Waals surface area contributed by atoms with Gasteiger partial charge in [0.15, 0.2) is 0 Å². The molecular weight excluding hydrogens is 218 g/mol. The molecular formula is C17H21N. The normalized spacial score (nSPS) is 10.5. The summed E-state index contributed by atoms with van der Waals surface area (Å²) in [4.78, 5) is 0. The maximum absolute atomic E-state index is 3.50. The first-order valence-corrected chi connectivity index (χ1v) is 6.65. The Hall–Kier alpha value is -1.60. The van der Waals surface area contributed by atoms with Crippen molar-refractivity contribution in [1.29, 1.82) is 0 Å². The van der Waals surface area contributed by atoms with E-state index in [1.54, 1.807) is 0 Å². The fraction of sp³-hybridized carbons (Fsp3) is 0.294. The van der Waals surface area contributed by atoms with Gasteiger partial charge in [0, 0.05) is 6.54 Å². The van der Waals surface area contributed by atoms with Gasteiger partial charge in [-0.1, -0.05) is 60.2 Å². The summed E-state index contributed by atoms with van der Waals surface area (Å²) in [5.41, 5.74) is 4.13. The molecule has 0 spiro atoms. The number of aryl methyl sites for hydroxylation is 2. The lowest BCUT2D eigenvalue weighted by molar-refractivity contribution is 0.649. The largest absolute Gasteiger partial charge is 0.313 e. The summed E-state index contributed by atoms with van der Waals surface area (Å²) >= 11 is 0. The highest BCUT2D eigenvalue weighted by molar-refractivity contribution is 5.22. The first kappa shape index (κ1) is 12.8. The number of hydrogen-bond acceptors (Lipinski definition) is 1. The zero-order chi connectivity index (χ0) is 12.6. The van der Waals surface area contributed by atoms with Gasteiger partial charge in [-0.2, -0.15) is 0 Å². The third-order valence-corrected chi connectivity index (χ3v) is 3.07. The van der Waals surface area contributed by atoms with Gasteiger partial charge in [0.1, 0.15) is 0 Å². The van der Waals surface area contributed by atoms with Crippen molar-refractivity contribution < 1.29 is 0 Å². The molecule has 18 heavy (non-hydrogen) atoms. The van der Waals surface area contributed by atoms with E-state index in [0.717, 1.165) is 19.5 Å². The van der Waals surface area contributed by atoms with E-state index in [1.165, 1.54) is 23.1 Å². The molecule has 0 saturated heterocycles. The van der Waals surface area contributed by atoms with E-state index < -0.39 is 0 Å². The van der Waals surface area contributed by atoms with Crippen LogP contribution >= 0.6 is 0 Å². The van der Waals surface area contributed by atoms with Gasteiger partial charge in [-0.05, 0) is 37.4 Å². The Morgan fingerprint density at radius 3 is 2.44 bits per heavy atom. The minimum Gasteiger partial charge on any atom is -0.313 e. The van der Waals surface area contributed by atoms with Gasteiger partial charge in [-0.15, -0.1) is 0 Å². The average molecular weight is 239 g/mol. The standard InChI is InChI=1S/C17H21N/c1-15-7-5-10-17(13-15)14-18-12-6-11-16-8-3-2-4-9-16/h2-5,7-10,13,18H,6,11-12,14H2,1H3. The topological polar surface area (TPSA) is 12.0 Å². The predicted molar refractivity (Wildman–Crippen MR) is 77.6 cm³/mol. The number of benzene rings is 2. The van der Waals surface area contributed by atoms with E-state index >= 15 is 0 Å². The van der Waals surface area contributed by atoms with Crippen molar-refractivity contribution in [3.05, 3.63) is 71.3 Å². The van der Waals surface area contributed by atoms with Crippen molar-refractivity contribution in [3.63, 3.8) is 0 Å². The number of nitrogens with one attached hydrogen (secondary N) is 1. The third-order valence-electron chi connectivity index (χ3n) is 3.07. The zero-order valence-corrected chi connectivity index (χ0v) is 11.0. The summed E-state index contributed by atoms with van der Waals surface area (Å²) in [6, 6.07) is 19.3. The molecule has 0 radical (unpaired) electrons. The monoisotopic (exact) mass is 239 g/mol. The molecule has 0 aliphatic heterocycles. The quantitative estimate of drug-likeness (QED) is 0.758. The predicted octanol–water partition coefficient (Wildman–Crippen LogP) is 3.72. The van der Waals surface area contributed by atoms with Gasteiger partial charge in [0.2, 0.25) is 0 Å². The van der Waals surface area contributed by atoms with Crippen molar-refractivity contribution >= 4 is 0 Å². The van der Waals surface area contributed by atoms with E-state index in [0.29, 0.717) is 0 Å². The van der Waals surface area contributed by atoms with Crippen LogP contribution in [0.2, 0.25) is 0 Å². The Labute approximate surface area is 110 Å². The zero-order valence-electron chi connectivity index (χ0n) is 11.0. The van der Waals surface area contributed by atoms with E-state index in [2.05, 4.69) is 66.8 Å². The average Bonchev–Trinajstić information content (AvgIpc) is 2.40. The molecule has 0 bridgehead atoms. The van der Waals surface area contributed by atoms with Crippen LogP contribution in [0.5, 0.6) is 0 Å². The maximum Gasteiger partial charge on any atom is 0.0205 e. The number of hydrogen-bond donors (Lipinski definition) is 1. The second-order valence-electron chi connectivity index (χ2n) is 4.75. The molecule has 0 aromatic heterocycles. The molecule has 0 heterocycles. The van der Waals surface area contributed by atoms with Crippen LogP contribution in [0.3, 0.4) is 0 Å². The van der Waals surface area contributed by atoms with Crippen LogP contribution in [0.4, 0.5) is 0 Å². The van der Waals surface area contributed by atoms with E-state index in [1.807, 2.05) is 0 Å². The molecule has 1 N–H and O–H groups in total. The minimum atomic E-state index is 0.969. The maximum atomic E-state index is 3.50. The fourth-order valence-electron chi connectivity index (χ4n) is 2.12. The Balaban J connectivity index is 1.65. The highest BCUT2D eigenvalue weighted by Gasteiger charge is 1.94. The molecule has 0 aliphatic rings. The Bertz CT molecular complexity index is 462. The van der Waals surface area contributed by atoms with Gasteiger partial charge >= 0.3 is 0 Å². The molecule has 0 saturated carbocycles. The molecule has 0 atom stereocenters. The van der Waals surface area contributed by atoms with Crippen LogP contribution in [0, 0.1) is 6.92 Å². The highest BCUT2D eigenvalue weighted by atomic mass is 14.8. The fourth-order valence-corrected chi connectivity index (χ4v) is 2.12. The molecule has 0 fully saturated rings. The summed E-state index contributed by atoms with van der Waals surface area (Å²) < 4.78 is 0. The van der Waals surface area contributed by atoms with Crippen LogP contribution < -0.4 is 5.32 Å². The first-order valence-electron chi connectivity index (χ1n) is 6.65. The highest BCUT2D eigenvalue weighted by Crippen LogP contribution is 2.04. The van der Waals surface area contributed by atoms with Crippen LogP contribution in [0.15, 0.2) is 54.6 Å². The molecule has 2 aromatic carbocycles. The van der Waals surface area contributed by atoms with E-state index in [4.69, 9.17) is 0 Å². The van der Waals surface area contributed by atoms with Gasteiger partial charge in [-0.3, -0.25) is 0 Å². The summed E-state index contributed by atoms with van der Waals surface area (Å²) in [6.07, 6.45) is 2.34. The Morgan fingerprint density at radius 1 is 0.889 bits per heavy atom. The number of rotatable bonds is 6. The minimum absolute atomic E-state index is 0.969. The van der Waals surface area contributed by atoms with E-state index in [-0.39, 0.29) is 0 Å². The molecule has 0 aliphatic carbocycles. The lowest BCUT2D eigenvalue weighted by atomic mass is 10.1. The summed E-state index contributed by atoms with van der Waals surface area (Å²) in [5, 5.41) is 3.50. The van der Waals surface area contributed by atoms with Gasteiger partial charge < -0.3 is 5.32 Å². The van der Waals surface area contributed by atoms with E-state index in [9.17, 15) is 0 Å². The van der Waals surface area contributed by atoms with Crippen molar-refractivity contribution in [2.45, 2.75) is 26.3 Å². The van der Waals surface area contributed by atoms with Crippen molar-refractivity contribution in [1.82, 2.24) is 5.32 Å². The SMILES string of the molecule is Cc1cccc(CNCCCc2ccccc2)c1. The summed E-state index contributed by atoms with van der Waals surface area (Å²) in [7, 11) is 0. The van der Waals surface area contributed by atoms with Crippen molar-refractivity contribution in [2.75, 3.05) is 6.54 Å². The van der Waals surface area contributed by atoms with Gasteiger partial charge in [0.25, 0.3) is 0 Å². The second kappa shape index (κ2) is 6.97. The Kier molecular flexibility index (Phi) is 4.98. The molecule has 94 valence electrons. The molecule has 1 heteroatoms. The van der Waals surface area contributed by atoms with Crippen molar-refractivity contribution in [3.8, 4) is 0 Å². The van der Waals surface area contributed by atoms with Crippen LogP contribution in [-0.2, 0) is 13.0 Å². The molecule has 2 aromatic rings. The Morgan fingerprint density at radius 2 is 1.67 bits per heavy atom. The van der Waals surface area contributed by atoms with Crippen LogP contribution in [0.25, 0.3) is 0 Å². The smallest absolute Gasteiger partial charge is 0.0205 e. The molecule has 0 unspecified atom stereocenters. The summed E-state index contributed by atoms with van der Waals surface area (Å²) in [5.74, 6) is 0. The van der Waals surface area contributed by atoms with Gasteiger partial charge in [0.05, 0.1) is 0 Å². The first-order chi connectivity index (χ1) is 8.84. The lowest BCUT2D eigenvalue weighted by Crippen LogP contribution is -2.15. The van der Waals surface area contributed by atoms with Gasteiger partial charge in [-0.25, -0.2) is 0 Å². The van der Waals surface area contributed by atoms with Crippen LogP contribution in [-0.4, -0.2) is 6.54 Å². The third kappa shape index (κ3) is 4.34.